The maximum Gasteiger partial charge on any atom is 0.227 e. The summed E-state index contributed by atoms with van der Waals surface area (Å²) >= 11 is 1.18. The molecule has 14 heavy (non-hydrogen) atoms. The van der Waals surface area contributed by atoms with Crippen molar-refractivity contribution in [3.05, 3.63) is 6.20 Å². The van der Waals surface area contributed by atoms with Gasteiger partial charge in [-0.1, -0.05) is 0 Å². The van der Waals surface area contributed by atoms with Gasteiger partial charge in [-0.2, -0.15) is 5.10 Å². The maximum atomic E-state index is 5.66. The fraction of sp³-hybridized carbons (Fsp3) is 0.625. The Hall–Kier alpha value is -0.720. The molecule has 1 spiro atoms. The van der Waals surface area contributed by atoms with Crippen molar-refractivity contribution in [1.29, 1.82) is 0 Å². The van der Waals surface area contributed by atoms with Gasteiger partial charge in [0.15, 0.2) is 0 Å². The van der Waals surface area contributed by atoms with Gasteiger partial charge in [0.1, 0.15) is 11.5 Å². The zero-order valence-electron chi connectivity index (χ0n) is 7.60. The van der Waals surface area contributed by atoms with Crippen molar-refractivity contribution < 1.29 is 9.47 Å². The van der Waals surface area contributed by atoms with Gasteiger partial charge in [-0.3, -0.25) is 5.14 Å². The largest absolute Gasteiger partial charge is 0.476 e. The number of nitrogens with two attached hydrogens (primary N) is 1. The van der Waals surface area contributed by atoms with Gasteiger partial charge in [0, 0.05) is 0 Å². The molecule has 2 N–H and O–H groups in total. The van der Waals surface area contributed by atoms with Crippen LogP contribution in [0.5, 0.6) is 5.88 Å². The van der Waals surface area contributed by atoms with E-state index in [2.05, 4.69) is 5.10 Å². The molecule has 1 saturated heterocycles. The van der Waals surface area contributed by atoms with Crippen molar-refractivity contribution >= 4 is 11.9 Å². The summed E-state index contributed by atoms with van der Waals surface area (Å²) in [5.41, 5.74) is 0.162. The highest BCUT2D eigenvalue weighted by molar-refractivity contribution is 7.97. The molecule has 1 aromatic rings. The number of ether oxygens (including phenoxy) is 2. The minimum Gasteiger partial charge on any atom is -0.476 e. The summed E-state index contributed by atoms with van der Waals surface area (Å²) in [5.74, 6) is 0.801. The van der Waals surface area contributed by atoms with Crippen molar-refractivity contribution in [1.82, 2.24) is 9.78 Å². The summed E-state index contributed by atoms with van der Waals surface area (Å²) in [5, 5.41) is 9.73. The van der Waals surface area contributed by atoms with Gasteiger partial charge in [0.2, 0.25) is 5.88 Å². The van der Waals surface area contributed by atoms with E-state index in [1.807, 2.05) is 4.68 Å². The van der Waals surface area contributed by atoms with Gasteiger partial charge in [-0.05, 0) is 11.9 Å². The monoisotopic (exact) mass is 213 g/mol. The van der Waals surface area contributed by atoms with E-state index in [-0.39, 0.29) is 5.41 Å². The lowest BCUT2D eigenvalue weighted by Gasteiger charge is -2.43. The third-order valence-electron chi connectivity index (χ3n) is 2.70. The zero-order valence-corrected chi connectivity index (χ0v) is 8.42. The van der Waals surface area contributed by atoms with Gasteiger partial charge in [-0.15, -0.1) is 0 Å². The molecule has 6 heteroatoms. The molecule has 0 unspecified atom stereocenters. The number of rotatable bonds is 1. The van der Waals surface area contributed by atoms with E-state index in [1.54, 1.807) is 6.20 Å². The van der Waals surface area contributed by atoms with Crippen LogP contribution in [0.4, 0.5) is 0 Å². The van der Waals surface area contributed by atoms with E-state index in [0.717, 1.165) is 30.5 Å². The van der Waals surface area contributed by atoms with Crippen LogP contribution in [0.15, 0.2) is 11.1 Å². The van der Waals surface area contributed by atoms with Crippen molar-refractivity contribution in [2.75, 3.05) is 19.8 Å². The van der Waals surface area contributed by atoms with Gasteiger partial charge >= 0.3 is 0 Å². The van der Waals surface area contributed by atoms with Crippen LogP contribution >= 0.6 is 11.9 Å². The minimum atomic E-state index is 0.162. The van der Waals surface area contributed by atoms with Gasteiger partial charge in [0.05, 0.1) is 31.4 Å². The molecule has 3 rings (SSSR count). The lowest BCUT2D eigenvalue weighted by Crippen LogP contribution is -2.52. The predicted octanol–water partition coefficient (Wildman–Crippen LogP) is 0.258. The number of aromatic nitrogens is 2. The van der Waals surface area contributed by atoms with Gasteiger partial charge < -0.3 is 9.47 Å². The Bertz CT molecular complexity index is 361. The SMILES string of the molecule is NSc1cnn2c1OCC1(COC1)C2. The number of fused-ring (bicyclic) bond motifs is 1. The lowest BCUT2D eigenvalue weighted by atomic mass is 9.86. The maximum absolute atomic E-state index is 5.66. The Labute approximate surface area is 85.7 Å². The van der Waals surface area contributed by atoms with E-state index in [0.29, 0.717) is 6.61 Å². The molecule has 1 aromatic heterocycles. The molecule has 2 aliphatic heterocycles. The molecule has 0 aromatic carbocycles. The Kier molecular flexibility index (Phi) is 1.77. The average molecular weight is 213 g/mol. The van der Waals surface area contributed by atoms with Crippen LogP contribution in [0.25, 0.3) is 0 Å². The Balaban J connectivity index is 1.91. The third kappa shape index (κ3) is 1.08. The second kappa shape index (κ2) is 2.88. The van der Waals surface area contributed by atoms with E-state index < -0.39 is 0 Å². The second-order valence-corrected chi connectivity index (χ2v) is 4.55. The lowest BCUT2D eigenvalue weighted by molar-refractivity contribution is -0.154. The normalized spacial score (nSPS) is 22.6. The standard InChI is InChI=1S/C8H11N3O2S/c9-14-6-1-10-11-2-8(3-12-4-8)5-13-7(6)11/h1H,2-5,9H2. The molecule has 2 aliphatic rings. The van der Waals surface area contributed by atoms with Crippen molar-refractivity contribution in [3.63, 3.8) is 0 Å². The van der Waals surface area contributed by atoms with E-state index >= 15 is 0 Å². The van der Waals surface area contributed by atoms with Crippen LogP contribution in [-0.4, -0.2) is 29.6 Å². The molecule has 0 radical (unpaired) electrons. The molecule has 0 amide bonds. The summed E-state index contributed by atoms with van der Waals surface area (Å²) in [6.07, 6.45) is 1.75. The first-order valence-corrected chi connectivity index (χ1v) is 5.34. The number of nitrogens with zero attached hydrogens (tertiary/aromatic N) is 2. The first-order valence-electron chi connectivity index (χ1n) is 4.46. The first-order chi connectivity index (χ1) is 6.83. The molecule has 0 saturated carbocycles. The molecule has 3 heterocycles. The van der Waals surface area contributed by atoms with Crippen LogP contribution in [-0.2, 0) is 11.3 Å². The van der Waals surface area contributed by atoms with Crippen LogP contribution in [0.3, 0.4) is 0 Å². The predicted molar refractivity (Wildman–Crippen MR) is 51.0 cm³/mol. The Morgan fingerprint density at radius 1 is 1.50 bits per heavy atom. The van der Waals surface area contributed by atoms with Crippen LogP contribution in [0.2, 0.25) is 0 Å². The molecule has 1 fully saturated rings. The fourth-order valence-corrected chi connectivity index (χ4v) is 2.22. The minimum absolute atomic E-state index is 0.162. The molecule has 0 bridgehead atoms. The Morgan fingerprint density at radius 2 is 2.36 bits per heavy atom. The van der Waals surface area contributed by atoms with Gasteiger partial charge in [0.25, 0.3) is 0 Å². The summed E-state index contributed by atoms with van der Waals surface area (Å²) in [6, 6.07) is 0. The number of hydrogen-bond donors (Lipinski definition) is 1. The van der Waals surface area contributed by atoms with Crippen LogP contribution < -0.4 is 9.88 Å². The average Bonchev–Trinajstić information content (AvgIpc) is 2.56. The highest BCUT2D eigenvalue weighted by Gasteiger charge is 2.44. The van der Waals surface area contributed by atoms with E-state index in [1.165, 1.54) is 11.9 Å². The summed E-state index contributed by atoms with van der Waals surface area (Å²) in [7, 11) is 0. The Morgan fingerprint density at radius 3 is 3.00 bits per heavy atom. The fourth-order valence-electron chi connectivity index (χ4n) is 1.85. The highest BCUT2D eigenvalue weighted by Crippen LogP contribution is 2.38. The van der Waals surface area contributed by atoms with E-state index in [4.69, 9.17) is 14.6 Å². The molecule has 5 nitrogen and oxygen atoms in total. The molecular formula is C8H11N3O2S. The quantitative estimate of drug-likeness (QED) is 0.678. The molecular weight excluding hydrogens is 202 g/mol. The smallest absolute Gasteiger partial charge is 0.227 e. The molecule has 0 aliphatic carbocycles. The summed E-state index contributed by atoms with van der Waals surface area (Å²) in [4.78, 5) is 0.903. The summed E-state index contributed by atoms with van der Waals surface area (Å²) in [6.45, 7) is 3.14. The van der Waals surface area contributed by atoms with Crippen molar-refractivity contribution in [2.24, 2.45) is 10.6 Å². The summed E-state index contributed by atoms with van der Waals surface area (Å²) < 4.78 is 12.8. The van der Waals surface area contributed by atoms with Gasteiger partial charge in [-0.25, -0.2) is 4.68 Å². The van der Waals surface area contributed by atoms with Crippen LogP contribution in [0, 0.1) is 5.41 Å². The first kappa shape index (κ1) is 8.58. The number of hydrogen-bond acceptors (Lipinski definition) is 5. The third-order valence-corrected chi connectivity index (χ3v) is 3.24. The zero-order chi connectivity index (χ0) is 9.60. The van der Waals surface area contributed by atoms with E-state index in [9.17, 15) is 0 Å². The molecule has 0 atom stereocenters. The van der Waals surface area contributed by atoms with Crippen molar-refractivity contribution in [2.45, 2.75) is 11.4 Å². The highest BCUT2D eigenvalue weighted by atomic mass is 32.2. The van der Waals surface area contributed by atoms with Crippen molar-refractivity contribution in [3.8, 4) is 5.88 Å². The van der Waals surface area contributed by atoms with Crippen LogP contribution in [0.1, 0.15) is 0 Å². The second-order valence-electron chi connectivity index (χ2n) is 3.87. The molecule has 76 valence electrons. The topological polar surface area (TPSA) is 62.3 Å².